The first-order chi connectivity index (χ1) is 16.0. The van der Waals surface area contributed by atoms with Gasteiger partial charge in [-0.25, -0.2) is 13.4 Å². The molecule has 0 saturated carbocycles. The molecular formula is C26H32N4O2S. The van der Waals surface area contributed by atoms with Gasteiger partial charge >= 0.3 is 0 Å². The van der Waals surface area contributed by atoms with E-state index in [2.05, 4.69) is 46.4 Å². The number of benzene rings is 2. The summed E-state index contributed by atoms with van der Waals surface area (Å²) in [6.45, 7) is 7.37. The van der Waals surface area contributed by atoms with E-state index in [1.165, 1.54) is 29.0 Å². The van der Waals surface area contributed by atoms with Crippen molar-refractivity contribution < 1.29 is 8.42 Å². The fraction of sp³-hybridized carbons (Fsp3) is 0.346. The minimum atomic E-state index is -3.67. The quantitative estimate of drug-likeness (QED) is 0.500. The zero-order valence-electron chi connectivity index (χ0n) is 19.3. The summed E-state index contributed by atoms with van der Waals surface area (Å²) in [6, 6.07) is 21.1. The maximum Gasteiger partial charge on any atom is 0.265 e. The second kappa shape index (κ2) is 10.3. The predicted octanol–water partition coefficient (Wildman–Crippen LogP) is 5.15. The van der Waals surface area contributed by atoms with Crippen LogP contribution in [-0.2, 0) is 16.6 Å². The lowest BCUT2D eigenvalue weighted by atomic mass is 9.99. The molecule has 6 nitrogen and oxygen atoms in total. The molecule has 7 heteroatoms. The van der Waals surface area contributed by atoms with E-state index in [0.717, 1.165) is 24.6 Å². The number of nitrogens with zero attached hydrogens (tertiary/aromatic N) is 3. The Labute approximate surface area is 197 Å². The van der Waals surface area contributed by atoms with Gasteiger partial charge in [-0.15, -0.1) is 0 Å². The van der Waals surface area contributed by atoms with Gasteiger partial charge in [0.2, 0.25) is 0 Å². The van der Waals surface area contributed by atoms with Crippen molar-refractivity contribution in [3.05, 3.63) is 78.5 Å². The molecule has 1 N–H and O–H groups in total. The summed E-state index contributed by atoms with van der Waals surface area (Å²) < 4.78 is 27.6. The lowest BCUT2D eigenvalue weighted by molar-refractivity contribution is 0.438. The van der Waals surface area contributed by atoms with Gasteiger partial charge in [-0.1, -0.05) is 37.3 Å². The largest absolute Gasteiger partial charge is 0.372 e. The lowest BCUT2D eigenvalue weighted by Gasteiger charge is -2.32. The number of aromatic nitrogens is 1. The van der Waals surface area contributed by atoms with Crippen LogP contribution in [0.3, 0.4) is 0 Å². The van der Waals surface area contributed by atoms with Gasteiger partial charge in [0.25, 0.3) is 10.0 Å². The third kappa shape index (κ3) is 5.47. The van der Waals surface area contributed by atoms with E-state index >= 15 is 0 Å². The zero-order chi connectivity index (χ0) is 23.3. The van der Waals surface area contributed by atoms with Crippen molar-refractivity contribution in [1.82, 2.24) is 4.98 Å². The van der Waals surface area contributed by atoms with E-state index in [1.807, 2.05) is 25.1 Å². The molecule has 0 bridgehead atoms. The summed E-state index contributed by atoms with van der Waals surface area (Å²) in [7, 11) is -3.67. The van der Waals surface area contributed by atoms with Crippen LogP contribution in [0.4, 0.5) is 17.2 Å². The van der Waals surface area contributed by atoms with Crippen molar-refractivity contribution in [2.75, 3.05) is 34.2 Å². The predicted molar refractivity (Wildman–Crippen MR) is 135 cm³/mol. The molecule has 0 unspecified atom stereocenters. The number of hydrogen-bond donors (Lipinski definition) is 1. The van der Waals surface area contributed by atoms with Gasteiger partial charge < -0.3 is 10.2 Å². The molecule has 1 saturated heterocycles. The molecule has 2 heterocycles. The molecule has 0 spiro atoms. The number of nitrogens with one attached hydrogen (secondary N) is 1. The molecule has 1 aliphatic heterocycles. The normalized spacial score (nSPS) is 14.8. The van der Waals surface area contributed by atoms with Crippen molar-refractivity contribution in [2.45, 2.75) is 38.1 Å². The summed E-state index contributed by atoms with van der Waals surface area (Å²) >= 11 is 0. The van der Waals surface area contributed by atoms with Crippen LogP contribution in [0, 0.1) is 5.92 Å². The van der Waals surface area contributed by atoms with E-state index in [-0.39, 0.29) is 4.90 Å². The smallest absolute Gasteiger partial charge is 0.265 e. The van der Waals surface area contributed by atoms with Crippen LogP contribution in [0.15, 0.2) is 77.8 Å². The number of anilines is 3. The average molecular weight is 465 g/mol. The summed E-state index contributed by atoms with van der Waals surface area (Å²) in [5.74, 6) is 1.47. The number of sulfonamides is 1. The maximum absolute atomic E-state index is 13.1. The van der Waals surface area contributed by atoms with Gasteiger partial charge in [-0.3, -0.25) is 4.31 Å². The van der Waals surface area contributed by atoms with Crippen molar-refractivity contribution in [3.63, 3.8) is 0 Å². The van der Waals surface area contributed by atoms with Crippen LogP contribution in [0.5, 0.6) is 0 Å². The Balaban J connectivity index is 1.38. The number of rotatable bonds is 8. The molecule has 0 atom stereocenters. The zero-order valence-corrected chi connectivity index (χ0v) is 20.1. The SMILES string of the molecule is CCN(c1ccccc1)S(=O)(=O)c1ccc(NCc2ccc(N3CCC(C)CC3)cc2)nc1. The second-order valence-corrected chi connectivity index (χ2v) is 10.4. The van der Waals surface area contributed by atoms with Gasteiger partial charge in [-0.05, 0) is 67.6 Å². The van der Waals surface area contributed by atoms with Crippen LogP contribution in [0.1, 0.15) is 32.3 Å². The first-order valence-corrected chi connectivity index (χ1v) is 13.0. The third-order valence-electron chi connectivity index (χ3n) is 6.21. The third-order valence-corrected chi connectivity index (χ3v) is 8.10. The summed E-state index contributed by atoms with van der Waals surface area (Å²) in [5, 5.41) is 3.29. The van der Waals surface area contributed by atoms with E-state index in [4.69, 9.17) is 0 Å². The van der Waals surface area contributed by atoms with Crippen molar-refractivity contribution in [3.8, 4) is 0 Å². The molecule has 3 aromatic rings. The van der Waals surface area contributed by atoms with Gasteiger partial charge in [0.15, 0.2) is 0 Å². The average Bonchev–Trinajstić information content (AvgIpc) is 2.85. The Morgan fingerprint density at radius 3 is 2.30 bits per heavy atom. The Morgan fingerprint density at radius 2 is 1.70 bits per heavy atom. The van der Waals surface area contributed by atoms with E-state index in [0.29, 0.717) is 24.6 Å². The Bertz CT molecular complexity index is 1130. The van der Waals surface area contributed by atoms with E-state index in [9.17, 15) is 8.42 Å². The standard InChI is InChI=1S/C26H32N4O2S/c1-3-30(24-7-5-4-6-8-24)33(31,32)25-13-14-26(28-20-25)27-19-22-9-11-23(12-10-22)29-17-15-21(2)16-18-29/h4-14,20-21H,3,15-19H2,1-2H3,(H,27,28). The van der Waals surface area contributed by atoms with E-state index < -0.39 is 10.0 Å². The molecule has 4 rings (SSSR count). The molecule has 1 aromatic heterocycles. The molecule has 1 fully saturated rings. The van der Waals surface area contributed by atoms with Gasteiger partial charge in [-0.2, -0.15) is 0 Å². The number of para-hydroxylation sites is 1. The maximum atomic E-state index is 13.1. The van der Waals surface area contributed by atoms with Crippen molar-refractivity contribution >= 4 is 27.2 Å². The Hall–Kier alpha value is -3.06. The van der Waals surface area contributed by atoms with Gasteiger partial charge in [0, 0.05) is 38.1 Å². The molecule has 0 aliphatic carbocycles. The minimum Gasteiger partial charge on any atom is -0.372 e. The van der Waals surface area contributed by atoms with Crippen LogP contribution in [0.25, 0.3) is 0 Å². The summed E-state index contributed by atoms with van der Waals surface area (Å²) in [5.41, 5.74) is 3.07. The highest BCUT2D eigenvalue weighted by molar-refractivity contribution is 7.92. The summed E-state index contributed by atoms with van der Waals surface area (Å²) in [6.07, 6.45) is 3.92. The molecular weight excluding hydrogens is 432 g/mol. The van der Waals surface area contributed by atoms with Gasteiger partial charge in [0.05, 0.1) is 5.69 Å². The molecule has 33 heavy (non-hydrogen) atoms. The van der Waals surface area contributed by atoms with Crippen LogP contribution in [0.2, 0.25) is 0 Å². The Kier molecular flexibility index (Phi) is 7.18. The lowest BCUT2D eigenvalue weighted by Crippen LogP contribution is -2.32. The molecule has 2 aromatic carbocycles. The minimum absolute atomic E-state index is 0.180. The second-order valence-electron chi connectivity index (χ2n) is 8.57. The molecule has 0 amide bonds. The highest BCUT2D eigenvalue weighted by Gasteiger charge is 2.23. The van der Waals surface area contributed by atoms with Gasteiger partial charge in [0.1, 0.15) is 10.7 Å². The number of pyridine rings is 1. The highest BCUT2D eigenvalue weighted by Crippen LogP contribution is 2.25. The van der Waals surface area contributed by atoms with E-state index in [1.54, 1.807) is 24.3 Å². The molecule has 1 aliphatic rings. The highest BCUT2D eigenvalue weighted by atomic mass is 32.2. The molecule has 174 valence electrons. The number of hydrogen-bond acceptors (Lipinski definition) is 5. The van der Waals surface area contributed by atoms with Crippen molar-refractivity contribution in [1.29, 1.82) is 0 Å². The van der Waals surface area contributed by atoms with Crippen LogP contribution >= 0.6 is 0 Å². The summed E-state index contributed by atoms with van der Waals surface area (Å²) in [4.78, 5) is 6.97. The Morgan fingerprint density at radius 1 is 1.00 bits per heavy atom. The van der Waals surface area contributed by atoms with Crippen molar-refractivity contribution in [2.24, 2.45) is 5.92 Å². The first kappa shape index (κ1) is 23.1. The molecule has 0 radical (unpaired) electrons. The fourth-order valence-corrected chi connectivity index (χ4v) is 5.55. The fourth-order valence-electron chi connectivity index (χ4n) is 4.13. The van der Waals surface area contributed by atoms with Crippen LogP contribution < -0.4 is 14.5 Å². The topological polar surface area (TPSA) is 65.5 Å². The monoisotopic (exact) mass is 464 g/mol. The number of piperidine rings is 1. The first-order valence-electron chi connectivity index (χ1n) is 11.6. The van der Waals surface area contributed by atoms with Crippen LogP contribution in [-0.4, -0.2) is 33.0 Å².